The molecule has 21 heavy (non-hydrogen) atoms. The zero-order valence-corrected chi connectivity index (χ0v) is 14.3. The number of rotatable bonds is 3. The van der Waals surface area contributed by atoms with Crippen molar-refractivity contribution >= 4 is 11.4 Å². The second-order valence-electron chi connectivity index (χ2n) is 6.72. The van der Waals surface area contributed by atoms with Crippen LogP contribution in [0.3, 0.4) is 0 Å². The van der Waals surface area contributed by atoms with Gasteiger partial charge in [0.15, 0.2) is 0 Å². The Morgan fingerprint density at radius 1 is 1.33 bits per heavy atom. The highest BCUT2D eigenvalue weighted by Gasteiger charge is 2.18. The van der Waals surface area contributed by atoms with E-state index in [1.807, 2.05) is 0 Å². The molecule has 118 valence electrons. The maximum Gasteiger partial charge on any atom is 0.0411 e. The van der Waals surface area contributed by atoms with Gasteiger partial charge >= 0.3 is 0 Å². The molecule has 1 aromatic rings. The van der Waals surface area contributed by atoms with Crippen LogP contribution in [0, 0.1) is 12.8 Å². The Labute approximate surface area is 130 Å². The fourth-order valence-electron chi connectivity index (χ4n) is 3.17. The first-order chi connectivity index (χ1) is 10.0. The number of nitrogens with zero attached hydrogens (tertiary/aromatic N) is 2. The van der Waals surface area contributed by atoms with Crippen LogP contribution in [0.2, 0.25) is 0 Å². The van der Waals surface area contributed by atoms with E-state index in [-0.39, 0.29) is 0 Å². The molecule has 2 atom stereocenters. The lowest BCUT2D eigenvalue weighted by molar-refractivity contribution is 0.388. The Kier molecular flexibility index (Phi) is 5.51. The lowest BCUT2D eigenvalue weighted by atomic mass is 10.0. The standard InChI is InChI=1S/C18H31N3/c1-6-16-9-10-21(13-14(2)12-19-16)17-8-7-15(3)18(11-17)20(4)5/h7-8,11,14,16,19H,6,9-10,12-13H2,1-5H3. The van der Waals surface area contributed by atoms with E-state index in [1.54, 1.807) is 0 Å². The predicted octanol–water partition coefficient (Wildman–Crippen LogP) is 3.28. The highest BCUT2D eigenvalue weighted by molar-refractivity contribution is 5.63. The van der Waals surface area contributed by atoms with Gasteiger partial charge in [0.1, 0.15) is 0 Å². The molecule has 1 aromatic carbocycles. The van der Waals surface area contributed by atoms with Gasteiger partial charge in [0.05, 0.1) is 0 Å². The smallest absolute Gasteiger partial charge is 0.0411 e. The van der Waals surface area contributed by atoms with Gasteiger partial charge in [0.2, 0.25) is 0 Å². The third kappa shape index (κ3) is 4.13. The van der Waals surface area contributed by atoms with Crippen molar-refractivity contribution in [3.8, 4) is 0 Å². The van der Waals surface area contributed by atoms with Crippen molar-refractivity contribution in [2.45, 2.75) is 39.7 Å². The largest absolute Gasteiger partial charge is 0.377 e. The van der Waals surface area contributed by atoms with Gasteiger partial charge in [-0.2, -0.15) is 0 Å². The minimum Gasteiger partial charge on any atom is -0.377 e. The van der Waals surface area contributed by atoms with Crippen molar-refractivity contribution in [2.24, 2.45) is 5.92 Å². The second kappa shape index (κ2) is 7.17. The van der Waals surface area contributed by atoms with Crippen molar-refractivity contribution in [1.82, 2.24) is 5.32 Å². The number of aryl methyl sites for hydroxylation is 1. The second-order valence-corrected chi connectivity index (χ2v) is 6.72. The summed E-state index contributed by atoms with van der Waals surface area (Å²) in [5, 5.41) is 3.70. The fraction of sp³-hybridized carbons (Fsp3) is 0.667. The molecule has 2 unspecified atom stereocenters. The highest BCUT2D eigenvalue weighted by atomic mass is 15.1. The Hall–Kier alpha value is -1.22. The van der Waals surface area contributed by atoms with Crippen LogP contribution in [0.4, 0.5) is 11.4 Å². The van der Waals surface area contributed by atoms with Crippen molar-refractivity contribution in [1.29, 1.82) is 0 Å². The SMILES string of the molecule is CCC1CCN(c2ccc(C)c(N(C)C)c2)CC(C)CN1. The number of hydrogen-bond donors (Lipinski definition) is 1. The molecular formula is C18H31N3. The lowest BCUT2D eigenvalue weighted by Crippen LogP contribution is -2.43. The Balaban J connectivity index is 2.20. The fourth-order valence-corrected chi connectivity index (χ4v) is 3.17. The monoisotopic (exact) mass is 289 g/mol. The Morgan fingerprint density at radius 2 is 2.10 bits per heavy atom. The average Bonchev–Trinajstić information content (AvgIpc) is 2.44. The molecule has 1 fully saturated rings. The topological polar surface area (TPSA) is 18.5 Å². The zero-order chi connectivity index (χ0) is 15.4. The van der Waals surface area contributed by atoms with Gasteiger partial charge in [0.25, 0.3) is 0 Å². The minimum atomic E-state index is 0.661. The maximum atomic E-state index is 3.70. The van der Waals surface area contributed by atoms with E-state index < -0.39 is 0 Å². The summed E-state index contributed by atoms with van der Waals surface area (Å²) in [5.41, 5.74) is 4.04. The van der Waals surface area contributed by atoms with Gasteiger partial charge in [-0.25, -0.2) is 0 Å². The van der Waals surface area contributed by atoms with E-state index in [4.69, 9.17) is 0 Å². The van der Waals surface area contributed by atoms with E-state index >= 15 is 0 Å². The molecular weight excluding hydrogens is 258 g/mol. The summed E-state index contributed by atoms with van der Waals surface area (Å²) >= 11 is 0. The lowest BCUT2D eigenvalue weighted by Gasteiger charge is -2.34. The van der Waals surface area contributed by atoms with E-state index in [0.29, 0.717) is 12.0 Å². The predicted molar refractivity (Wildman–Crippen MR) is 93.6 cm³/mol. The molecule has 2 rings (SSSR count). The summed E-state index contributed by atoms with van der Waals surface area (Å²) < 4.78 is 0. The number of nitrogens with one attached hydrogen (secondary N) is 1. The summed E-state index contributed by atoms with van der Waals surface area (Å²) in [7, 11) is 4.25. The Morgan fingerprint density at radius 3 is 2.76 bits per heavy atom. The number of anilines is 2. The van der Waals surface area contributed by atoms with Crippen LogP contribution in [0.15, 0.2) is 18.2 Å². The van der Waals surface area contributed by atoms with Gasteiger partial charge in [-0.3, -0.25) is 0 Å². The van der Waals surface area contributed by atoms with E-state index in [9.17, 15) is 0 Å². The summed E-state index contributed by atoms with van der Waals surface area (Å²) in [6.45, 7) is 10.2. The van der Waals surface area contributed by atoms with E-state index in [1.165, 1.54) is 29.8 Å². The van der Waals surface area contributed by atoms with Crippen molar-refractivity contribution in [3.05, 3.63) is 23.8 Å². The van der Waals surface area contributed by atoms with Gasteiger partial charge < -0.3 is 15.1 Å². The molecule has 0 amide bonds. The molecule has 0 bridgehead atoms. The first kappa shape index (κ1) is 16.2. The summed E-state index contributed by atoms with van der Waals surface area (Å²) in [4.78, 5) is 4.78. The van der Waals surface area contributed by atoms with Crippen LogP contribution in [0.1, 0.15) is 32.3 Å². The third-order valence-electron chi connectivity index (χ3n) is 4.57. The van der Waals surface area contributed by atoms with Crippen molar-refractivity contribution < 1.29 is 0 Å². The minimum absolute atomic E-state index is 0.661. The van der Waals surface area contributed by atoms with Gasteiger partial charge in [0, 0.05) is 44.6 Å². The van der Waals surface area contributed by atoms with Crippen LogP contribution in [0.25, 0.3) is 0 Å². The zero-order valence-electron chi connectivity index (χ0n) is 14.3. The van der Waals surface area contributed by atoms with Crippen LogP contribution in [-0.2, 0) is 0 Å². The molecule has 0 saturated carbocycles. The van der Waals surface area contributed by atoms with Crippen molar-refractivity contribution in [2.75, 3.05) is 43.5 Å². The normalized spacial score (nSPS) is 23.6. The maximum absolute atomic E-state index is 3.70. The molecule has 1 aliphatic rings. The van der Waals surface area contributed by atoms with Gasteiger partial charge in [-0.15, -0.1) is 0 Å². The van der Waals surface area contributed by atoms with Gasteiger partial charge in [-0.1, -0.05) is 19.9 Å². The number of benzene rings is 1. The molecule has 1 N–H and O–H groups in total. The number of hydrogen-bond acceptors (Lipinski definition) is 3. The molecule has 1 aliphatic heterocycles. The van der Waals surface area contributed by atoms with Crippen LogP contribution >= 0.6 is 0 Å². The van der Waals surface area contributed by atoms with Crippen LogP contribution in [-0.4, -0.2) is 39.8 Å². The van der Waals surface area contributed by atoms with Crippen LogP contribution in [0.5, 0.6) is 0 Å². The van der Waals surface area contributed by atoms with E-state index in [2.05, 4.69) is 68.2 Å². The average molecular weight is 289 g/mol. The first-order valence-electron chi connectivity index (χ1n) is 8.27. The summed E-state index contributed by atoms with van der Waals surface area (Å²) in [5.74, 6) is 0.684. The van der Waals surface area contributed by atoms with Crippen molar-refractivity contribution in [3.63, 3.8) is 0 Å². The molecule has 3 nitrogen and oxygen atoms in total. The van der Waals surface area contributed by atoms with E-state index in [0.717, 1.165) is 19.6 Å². The third-order valence-corrected chi connectivity index (χ3v) is 4.57. The molecule has 0 spiro atoms. The van der Waals surface area contributed by atoms with Crippen LogP contribution < -0.4 is 15.1 Å². The quantitative estimate of drug-likeness (QED) is 0.921. The first-order valence-corrected chi connectivity index (χ1v) is 8.27. The summed E-state index contributed by atoms with van der Waals surface area (Å²) in [6, 6.07) is 7.54. The highest BCUT2D eigenvalue weighted by Crippen LogP contribution is 2.26. The molecule has 0 aromatic heterocycles. The molecule has 1 saturated heterocycles. The molecule has 0 radical (unpaired) electrons. The molecule has 1 heterocycles. The van der Waals surface area contributed by atoms with Gasteiger partial charge in [-0.05, 0) is 49.9 Å². The molecule has 3 heteroatoms. The Bertz CT molecular complexity index is 456. The summed E-state index contributed by atoms with van der Waals surface area (Å²) in [6.07, 6.45) is 2.45. The molecule has 0 aliphatic carbocycles.